The third-order valence-electron chi connectivity index (χ3n) is 4.87. The number of aromatic nitrogens is 2. The van der Waals surface area contributed by atoms with Crippen LogP contribution in [0.2, 0.25) is 5.02 Å². The summed E-state index contributed by atoms with van der Waals surface area (Å²) >= 11 is 5.99. The second-order valence-electron chi connectivity index (χ2n) is 6.59. The van der Waals surface area contributed by atoms with Crippen molar-refractivity contribution in [1.29, 1.82) is 0 Å². The topological polar surface area (TPSA) is 49.0 Å². The molecule has 1 N–H and O–H groups in total. The van der Waals surface area contributed by atoms with E-state index in [2.05, 4.69) is 22.3 Å². The van der Waals surface area contributed by atoms with Crippen LogP contribution in [0.25, 0.3) is 11.3 Å². The van der Waals surface area contributed by atoms with E-state index < -0.39 is 0 Å². The van der Waals surface area contributed by atoms with Crippen LogP contribution in [-0.4, -0.2) is 27.5 Å². The number of rotatable bonds is 4. The van der Waals surface area contributed by atoms with E-state index in [9.17, 15) is 4.79 Å². The smallest absolute Gasteiger partial charge is 0.223 e. The van der Waals surface area contributed by atoms with Gasteiger partial charge in [0, 0.05) is 47.8 Å². The number of fused-ring (bicyclic) bond motifs is 1. The fourth-order valence-corrected chi connectivity index (χ4v) is 3.53. The second-order valence-corrected chi connectivity index (χ2v) is 7.02. The molecule has 1 aromatic heterocycles. The van der Waals surface area contributed by atoms with Gasteiger partial charge in [0.25, 0.3) is 0 Å². The fraction of sp³-hybridized carbons (Fsp3) is 0.238. The van der Waals surface area contributed by atoms with Crippen molar-refractivity contribution in [2.75, 3.05) is 6.54 Å². The predicted molar refractivity (Wildman–Crippen MR) is 103 cm³/mol. The van der Waals surface area contributed by atoms with Crippen molar-refractivity contribution in [2.45, 2.75) is 25.8 Å². The minimum atomic E-state index is 0.197. The highest BCUT2D eigenvalue weighted by molar-refractivity contribution is 6.30. The van der Waals surface area contributed by atoms with Crippen molar-refractivity contribution in [3.63, 3.8) is 0 Å². The van der Waals surface area contributed by atoms with Gasteiger partial charge in [-0.3, -0.25) is 9.89 Å². The van der Waals surface area contributed by atoms with Crippen LogP contribution in [0.15, 0.2) is 54.6 Å². The van der Waals surface area contributed by atoms with Gasteiger partial charge in [0.15, 0.2) is 0 Å². The molecule has 132 valence electrons. The maximum Gasteiger partial charge on any atom is 0.223 e. The average Bonchev–Trinajstić information content (AvgIpc) is 3.11. The zero-order valence-electron chi connectivity index (χ0n) is 14.4. The summed E-state index contributed by atoms with van der Waals surface area (Å²) in [5.41, 5.74) is 5.38. The summed E-state index contributed by atoms with van der Waals surface area (Å²) < 4.78 is 0. The van der Waals surface area contributed by atoms with E-state index in [-0.39, 0.29) is 5.91 Å². The van der Waals surface area contributed by atoms with Crippen LogP contribution in [0.1, 0.15) is 23.2 Å². The summed E-state index contributed by atoms with van der Waals surface area (Å²) in [6, 6.07) is 17.8. The third-order valence-corrected chi connectivity index (χ3v) is 5.13. The summed E-state index contributed by atoms with van der Waals surface area (Å²) in [5.74, 6) is 0.197. The quantitative estimate of drug-likeness (QED) is 0.751. The molecule has 0 unspecified atom stereocenters. The maximum atomic E-state index is 12.7. The van der Waals surface area contributed by atoms with Gasteiger partial charge in [0.2, 0.25) is 5.91 Å². The Morgan fingerprint density at radius 1 is 1.12 bits per heavy atom. The number of hydrogen-bond acceptors (Lipinski definition) is 2. The number of carbonyl (C=O) groups is 1. The van der Waals surface area contributed by atoms with Crippen LogP contribution in [-0.2, 0) is 24.2 Å². The van der Waals surface area contributed by atoms with Gasteiger partial charge in [-0.15, -0.1) is 0 Å². The SMILES string of the molecule is O=C(CCc1ccccc1)N1CCc2[nH]nc(-c3ccc(Cl)cc3)c2C1. The average molecular weight is 366 g/mol. The Balaban J connectivity index is 1.47. The number of hydrogen-bond donors (Lipinski definition) is 1. The Morgan fingerprint density at radius 2 is 1.88 bits per heavy atom. The lowest BCUT2D eigenvalue weighted by atomic mass is 10.0. The zero-order valence-corrected chi connectivity index (χ0v) is 15.2. The molecule has 3 aromatic rings. The van der Waals surface area contributed by atoms with Crippen molar-refractivity contribution >= 4 is 17.5 Å². The first-order chi connectivity index (χ1) is 12.7. The van der Waals surface area contributed by atoms with Crippen molar-refractivity contribution in [2.24, 2.45) is 0 Å². The molecule has 26 heavy (non-hydrogen) atoms. The Hall–Kier alpha value is -2.59. The lowest BCUT2D eigenvalue weighted by Gasteiger charge is -2.27. The first kappa shape index (κ1) is 16.9. The predicted octanol–water partition coefficient (Wildman–Crippen LogP) is 4.25. The molecule has 0 saturated heterocycles. The molecule has 0 aliphatic carbocycles. The number of benzene rings is 2. The van der Waals surface area contributed by atoms with E-state index in [4.69, 9.17) is 11.6 Å². The highest BCUT2D eigenvalue weighted by Crippen LogP contribution is 2.29. The molecule has 1 aliphatic heterocycles. The van der Waals surface area contributed by atoms with E-state index >= 15 is 0 Å². The van der Waals surface area contributed by atoms with Gasteiger partial charge in [-0.1, -0.05) is 54.1 Å². The third kappa shape index (κ3) is 3.51. The Labute approximate surface area is 157 Å². The monoisotopic (exact) mass is 365 g/mol. The van der Waals surface area contributed by atoms with Crippen LogP contribution in [0.5, 0.6) is 0 Å². The summed E-state index contributed by atoms with van der Waals surface area (Å²) in [7, 11) is 0. The lowest BCUT2D eigenvalue weighted by molar-refractivity contribution is -0.132. The summed E-state index contributed by atoms with van der Waals surface area (Å²) in [4.78, 5) is 14.6. The number of aromatic amines is 1. The minimum absolute atomic E-state index is 0.197. The number of nitrogens with one attached hydrogen (secondary N) is 1. The van der Waals surface area contributed by atoms with E-state index in [0.717, 1.165) is 41.9 Å². The van der Waals surface area contributed by atoms with Crippen LogP contribution in [0, 0.1) is 0 Å². The fourth-order valence-electron chi connectivity index (χ4n) is 3.41. The molecule has 0 atom stereocenters. The number of carbonyl (C=O) groups excluding carboxylic acids is 1. The van der Waals surface area contributed by atoms with Crippen LogP contribution < -0.4 is 0 Å². The number of aryl methyl sites for hydroxylation is 1. The standard InChI is InChI=1S/C21H20ClN3O/c22-17-9-7-16(8-10-17)21-18-14-25(13-12-19(18)23-24-21)20(26)11-6-15-4-2-1-3-5-15/h1-5,7-10H,6,11-14H2,(H,23,24). The van der Waals surface area contributed by atoms with E-state index in [1.165, 1.54) is 5.56 Å². The highest BCUT2D eigenvalue weighted by atomic mass is 35.5. The van der Waals surface area contributed by atoms with Gasteiger partial charge in [-0.05, 0) is 24.1 Å². The molecule has 4 rings (SSSR count). The zero-order chi connectivity index (χ0) is 17.9. The van der Waals surface area contributed by atoms with Gasteiger partial charge in [0.1, 0.15) is 0 Å². The first-order valence-electron chi connectivity index (χ1n) is 8.84. The highest BCUT2D eigenvalue weighted by Gasteiger charge is 2.25. The van der Waals surface area contributed by atoms with Gasteiger partial charge in [-0.2, -0.15) is 5.10 Å². The first-order valence-corrected chi connectivity index (χ1v) is 9.22. The van der Waals surface area contributed by atoms with E-state index in [1.807, 2.05) is 47.4 Å². The molecular formula is C21H20ClN3O. The van der Waals surface area contributed by atoms with E-state index in [0.29, 0.717) is 18.0 Å². The van der Waals surface area contributed by atoms with Crippen LogP contribution in [0.4, 0.5) is 0 Å². The molecule has 4 nitrogen and oxygen atoms in total. The number of nitrogens with zero attached hydrogens (tertiary/aromatic N) is 2. The number of amides is 1. The summed E-state index contributed by atoms with van der Waals surface area (Å²) in [6.45, 7) is 1.35. The largest absolute Gasteiger partial charge is 0.338 e. The molecule has 5 heteroatoms. The molecule has 2 aromatic carbocycles. The summed E-state index contributed by atoms with van der Waals surface area (Å²) in [5, 5.41) is 8.32. The summed E-state index contributed by atoms with van der Waals surface area (Å²) in [6.07, 6.45) is 2.12. The molecule has 0 spiro atoms. The van der Waals surface area contributed by atoms with Gasteiger partial charge < -0.3 is 4.90 Å². The Morgan fingerprint density at radius 3 is 2.65 bits per heavy atom. The minimum Gasteiger partial charge on any atom is -0.338 e. The lowest BCUT2D eigenvalue weighted by Crippen LogP contribution is -2.36. The molecule has 0 bridgehead atoms. The molecule has 0 radical (unpaired) electrons. The normalized spacial score (nSPS) is 13.5. The Bertz CT molecular complexity index is 903. The molecular weight excluding hydrogens is 346 g/mol. The molecule has 0 saturated carbocycles. The molecule has 1 aliphatic rings. The van der Waals surface area contributed by atoms with Crippen LogP contribution in [0.3, 0.4) is 0 Å². The second kappa shape index (κ2) is 7.34. The maximum absolute atomic E-state index is 12.7. The van der Waals surface area contributed by atoms with Crippen molar-refractivity contribution in [3.05, 3.63) is 76.4 Å². The number of halogens is 1. The molecule has 0 fully saturated rings. The van der Waals surface area contributed by atoms with Crippen molar-refractivity contribution in [3.8, 4) is 11.3 Å². The number of H-pyrrole nitrogens is 1. The molecule has 1 amide bonds. The van der Waals surface area contributed by atoms with Crippen molar-refractivity contribution in [1.82, 2.24) is 15.1 Å². The molecule has 2 heterocycles. The van der Waals surface area contributed by atoms with Gasteiger partial charge in [0.05, 0.1) is 5.69 Å². The Kier molecular flexibility index (Phi) is 4.76. The van der Waals surface area contributed by atoms with Gasteiger partial charge in [-0.25, -0.2) is 0 Å². The van der Waals surface area contributed by atoms with Crippen LogP contribution >= 0.6 is 11.6 Å². The van der Waals surface area contributed by atoms with Crippen molar-refractivity contribution < 1.29 is 4.79 Å². The van der Waals surface area contributed by atoms with Gasteiger partial charge >= 0.3 is 0 Å². The van der Waals surface area contributed by atoms with E-state index in [1.54, 1.807) is 0 Å².